The van der Waals surface area contributed by atoms with Crippen LogP contribution < -0.4 is 10.7 Å². The van der Waals surface area contributed by atoms with Gasteiger partial charge in [0.15, 0.2) is 0 Å². The van der Waals surface area contributed by atoms with Crippen LogP contribution in [0.15, 0.2) is 33.8 Å². The fraction of sp³-hybridized carbons (Fsp3) is 0.100. The second-order valence-electron chi connectivity index (χ2n) is 2.83. The monoisotopic (exact) mass is 283 g/mol. The van der Waals surface area contributed by atoms with E-state index in [2.05, 4.69) is 31.8 Å². The van der Waals surface area contributed by atoms with Gasteiger partial charge in [0.1, 0.15) is 0 Å². The molecule has 0 atom stereocenters. The van der Waals surface area contributed by atoms with Gasteiger partial charge in [-0.25, -0.2) is 5.43 Å². The van der Waals surface area contributed by atoms with Crippen molar-refractivity contribution in [1.82, 2.24) is 10.7 Å². The van der Waals surface area contributed by atoms with E-state index in [1.54, 1.807) is 0 Å². The summed E-state index contributed by atoms with van der Waals surface area (Å²) in [6.45, 7) is 0. The molecule has 1 rings (SSSR count). The predicted octanol–water partition coefficient (Wildman–Crippen LogP) is 0.645. The SMILES string of the molecule is CNC(=O)C(=O)NN=Cc1ccc(Br)cc1. The number of nitrogens with one attached hydrogen (secondary N) is 2. The van der Waals surface area contributed by atoms with E-state index in [1.165, 1.54) is 13.3 Å². The van der Waals surface area contributed by atoms with Crippen molar-refractivity contribution in [2.45, 2.75) is 0 Å². The minimum atomic E-state index is -0.795. The van der Waals surface area contributed by atoms with Crippen molar-refractivity contribution in [1.29, 1.82) is 0 Å². The van der Waals surface area contributed by atoms with Crippen LogP contribution in [0.2, 0.25) is 0 Å². The average Bonchev–Trinajstić information content (AvgIpc) is 2.30. The molecule has 6 heteroatoms. The lowest BCUT2D eigenvalue weighted by molar-refractivity contribution is -0.138. The average molecular weight is 284 g/mol. The van der Waals surface area contributed by atoms with E-state index in [0.29, 0.717) is 0 Å². The van der Waals surface area contributed by atoms with Gasteiger partial charge in [-0.1, -0.05) is 28.1 Å². The molecular weight excluding hydrogens is 274 g/mol. The number of amides is 2. The van der Waals surface area contributed by atoms with Crippen molar-refractivity contribution in [3.05, 3.63) is 34.3 Å². The molecule has 0 heterocycles. The maximum atomic E-state index is 11.0. The topological polar surface area (TPSA) is 70.6 Å². The van der Waals surface area contributed by atoms with Crippen LogP contribution in [0.1, 0.15) is 5.56 Å². The molecule has 0 saturated carbocycles. The van der Waals surface area contributed by atoms with Gasteiger partial charge in [0.2, 0.25) is 0 Å². The van der Waals surface area contributed by atoms with Crippen LogP contribution >= 0.6 is 15.9 Å². The van der Waals surface area contributed by atoms with Crippen molar-refractivity contribution < 1.29 is 9.59 Å². The number of hydrogen-bond acceptors (Lipinski definition) is 3. The smallest absolute Gasteiger partial charge is 0.329 e. The van der Waals surface area contributed by atoms with Crippen molar-refractivity contribution in [3.63, 3.8) is 0 Å². The molecule has 2 amide bonds. The fourth-order valence-electron chi connectivity index (χ4n) is 0.879. The standard InChI is InChI=1S/C10H10BrN3O2/c1-12-9(15)10(16)14-13-6-7-2-4-8(11)5-3-7/h2-6H,1H3,(H,12,15)(H,14,16). The van der Waals surface area contributed by atoms with Crippen molar-refractivity contribution >= 4 is 34.0 Å². The summed E-state index contributed by atoms with van der Waals surface area (Å²) in [6.07, 6.45) is 1.45. The Hall–Kier alpha value is -1.69. The van der Waals surface area contributed by atoms with E-state index in [0.717, 1.165) is 10.0 Å². The number of halogens is 1. The Kier molecular flexibility index (Phi) is 4.65. The lowest BCUT2D eigenvalue weighted by atomic mass is 10.2. The van der Waals surface area contributed by atoms with Crippen LogP contribution in [0.4, 0.5) is 0 Å². The molecule has 0 bridgehead atoms. The molecule has 2 N–H and O–H groups in total. The van der Waals surface area contributed by atoms with Gasteiger partial charge in [-0.3, -0.25) is 9.59 Å². The van der Waals surface area contributed by atoms with E-state index in [-0.39, 0.29) is 0 Å². The molecule has 5 nitrogen and oxygen atoms in total. The Balaban J connectivity index is 2.52. The highest BCUT2D eigenvalue weighted by Gasteiger charge is 2.08. The van der Waals surface area contributed by atoms with Crippen molar-refractivity contribution in [2.75, 3.05) is 7.05 Å². The molecule has 0 fully saturated rings. The molecule has 0 aliphatic heterocycles. The molecule has 0 saturated heterocycles. The zero-order chi connectivity index (χ0) is 12.0. The second kappa shape index (κ2) is 6.02. The molecule has 16 heavy (non-hydrogen) atoms. The second-order valence-corrected chi connectivity index (χ2v) is 3.75. The van der Waals surface area contributed by atoms with Crippen LogP contribution in [0.3, 0.4) is 0 Å². The highest BCUT2D eigenvalue weighted by Crippen LogP contribution is 2.08. The van der Waals surface area contributed by atoms with Crippen molar-refractivity contribution in [2.24, 2.45) is 5.10 Å². The third kappa shape index (κ3) is 3.82. The maximum Gasteiger partial charge on any atom is 0.329 e. The van der Waals surface area contributed by atoms with Crippen LogP contribution in [0.5, 0.6) is 0 Å². The van der Waals surface area contributed by atoms with Gasteiger partial charge in [0, 0.05) is 11.5 Å². The number of rotatable bonds is 2. The van der Waals surface area contributed by atoms with E-state index in [9.17, 15) is 9.59 Å². The Morgan fingerprint density at radius 1 is 1.25 bits per heavy atom. The molecule has 1 aromatic carbocycles. The normalized spacial score (nSPS) is 10.1. The number of carbonyl (C=O) groups is 2. The number of likely N-dealkylation sites (N-methyl/N-ethyl adjacent to an activating group) is 1. The van der Waals surface area contributed by atoms with Gasteiger partial charge >= 0.3 is 11.8 Å². The van der Waals surface area contributed by atoms with Crippen LogP contribution in [0.25, 0.3) is 0 Å². The van der Waals surface area contributed by atoms with Crippen LogP contribution in [0, 0.1) is 0 Å². The van der Waals surface area contributed by atoms with Gasteiger partial charge in [-0.2, -0.15) is 5.10 Å². The summed E-state index contributed by atoms with van der Waals surface area (Å²) < 4.78 is 0.957. The molecule has 84 valence electrons. The third-order valence-corrected chi connectivity index (χ3v) is 2.21. The molecular formula is C10H10BrN3O2. The summed E-state index contributed by atoms with van der Waals surface area (Å²) in [4.78, 5) is 21.8. The highest BCUT2D eigenvalue weighted by atomic mass is 79.9. The van der Waals surface area contributed by atoms with Crippen LogP contribution in [-0.2, 0) is 9.59 Å². The fourth-order valence-corrected chi connectivity index (χ4v) is 1.14. The predicted molar refractivity (Wildman–Crippen MR) is 63.9 cm³/mol. The Bertz CT molecular complexity index is 415. The first-order valence-electron chi connectivity index (χ1n) is 4.44. The maximum absolute atomic E-state index is 11.0. The summed E-state index contributed by atoms with van der Waals surface area (Å²) in [5.74, 6) is -1.52. The zero-order valence-corrected chi connectivity index (χ0v) is 10.1. The number of hydrazone groups is 1. The minimum Gasteiger partial charge on any atom is -0.351 e. The highest BCUT2D eigenvalue weighted by molar-refractivity contribution is 9.10. The van der Waals surface area contributed by atoms with Gasteiger partial charge < -0.3 is 5.32 Å². The van der Waals surface area contributed by atoms with Gasteiger partial charge in [0.25, 0.3) is 0 Å². The van der Waals surface area contributed by atoms with Gasteiger partial charge in [-0.15, -0.1) is 0 Å². The van der Waals surface area contributed by atoms with Gasteiger partial charge in [0.05, 0.1) is 6.21 Å². The zero-order valence-electron chi connectivity index (χ0n) is 8.53. The quantitative estimate of drug-likeness (QED) is 0.475. The molecule has 0 radical (unpaired) electrons. The molecule has 0 aliphatic rings. The Labute approximate surface area is 101 Å². The van der Waals surface area contributed by atoms with Crippen molar-refractivity contribution in [3.8, 4) is 0 Å². The van der Waals surface area contributed by atoms with E-state index < -0.39 is 11.8 Å². The third-order valence-electron chi connectivity index (χ3n) is 1.68. The largest absolute Gasteiger partial charge is 0.351 e. The summed E-state index contributed by atoms with van der Waals surface area (Å²) in [6, 6.07) is 7.34. The summed E-state index contributed by atoms with van der Waals surface area (Å²) in [5, 5.41) is 5.83. The Morgan fingerprint density at radius 3 is 2.44 bits per heavy atom. The van der Waals surface area contributed by atoms with E-state index >= 15 is 0 Å². The van der Waals surface area contributed by atoms with Gasteiger partial charge in [-0.05, 0) is 17.7 Å². The molecule has 0 spiro atoms. The minimum absolute atomic E-state index is 0.729. The summed E-state index contributed by atoms with van der Waals surface area (Å²) in [5.41, 5.74) is 2.92. The van der Waals surface area contributed by atoms with E-state index in [1.807, 2.05) is 24.3 Å². The molecule has 1 aromatic rings. The Morgan fingerprint density at radius 2 is 1.88 bits per heavy atom. The lowest BCUT2D eigenvalue weighted by Gasteiger charge is -1.97. The molecule has 0 aliphatic carbocycles. The summed E-state index contributed by atoms with van der Waals surface area (Å²) in [7, 11) is 1.38. The lowest BCUT2D eigenvalue weighted by Crippen LogP contribution is -2.35. The molecule has 0 aromatic heterocycles. The van der Waals surface area contributed by atoms with E-state index in [4.69, 9.17) is 0 Å². The first kappa shape index (κ1) is 12.4. The first-order chi connectivity index (χ1) is 7.63. The number of benzene rings is 1. The number of carbonyl (C=O) groups excluding carboxylic acids is 2. The number of nitrogens with zero attached hydrogens (tertiary/aromatic N) is 1. The summed E-state index contributed by atoms with van der Waals surface area (Å²) >= 11 is 3.30. The van der Waals surface area contributed by atoms with Crippen LogP contribution in [-0.4, -0.2) is 25.1 Å². The number of hydrogen-bond donors (Lipinski definition) is 2. The first-order valence-corrected chi connectivity index (χ1v) is 5.23. The molecule has 0 unspecified atom stereocenters.